The van der Waals surface area contributed by atoms with E-state index >= 15 is 0 Å². The number of esters is 1. The highest BCUT2D eigenvalue weighted by Crippen LogP contribution is 2.25. The van der Waals surface area contributed by atoms with E-state index in [1.807, 2.05) is 0 Å². The normalized spacial score (nSPS) is 15.3. The van der Waals surface area contributed by atoms with E-state index in [1.54, 1.807) is 23.1 Å². The van der Waals surface area contributed by atoms with E-state index in [2.05, 4.69) is 15.9 Å². The lowest BCUT2D eigenvalue weighted by Gasteiger charge is -2.30. The first-order chi connectivity index (χ1) is 11.5. The molecule has 2 heterocycles. The smallest absolute Gasteiger partial charge is 0.314 e. The molecule has 1 amide bonds. The fraction of sp³-hybridized carbons (Fsp3) is 0.294. The fourth-order valence-electron chi connectivity index (χ4n) is 2.62. The van der Waals surface area contributed by atoms with Crippen molar-refractivity contribution < 1.29 is 23.1 Å². The fourth-order valence-corrected chi connectivity index (χ4v) is 2.96. The molecular weight excluding hydrogens is 381 g/mol. The van der Waals surface area contributed by atoms with Crippen LogP contribution in [0.1, 0.15) is 23.4 Å². The summed E-state index contributed by atoms with van der Waals surface area (Å²) >= 11 is 3.15. The summed E-state index contributed by atoms with van der Waals surface area (Å²) in [4.78, 5) is 26.0. The van der Waals surface area contributed by atoms with Crippen molar-refractivity contribution in [2.75, 3.05) is 13.1 Å². The number of hydrogen-bond acceptors (Lipinski definition) is 4. The van der Waals surface area contributed by atoms with Crippen LogP contribution in [-0.2, 0) is 4.79 Å². The molecule has 5 nitrogen and oxygen atoms in total. The lowest BCUT2D eigenvalue weighted by molar-refractivity contribution is -0.140. The molecule has 1 aromatic heterocycles. The van der Waals surface area contributed by atoms with Gasteiger partial charge in [0.15, 0.2) is 17.3 Å². The molecule has 1 fully saturated rings. The summed E-state index contributed by atoms with van der Waals surface area (Å²) in [6.07, 6.45) is 2.40. The second-order valence-electron chi connectivity index (χ2n) is 5.54. The maximum atomic E-state index is 13.7. The highest BCUT2D eigenvalue weighted by molar-refractivity contribution is 9.10. The number of rotatable bonds is 3. The second kappa shape index (κ2) is 7.17. The van der Waals surface area contributed by atoms with E-state index in [-0.39, 0.29) is 23.3 Å². The summed E-state index contributed by atoms with van der Waals surface area (Å²) in [6, 6.07) is 7.53. The standard InChI is InChI=1S/C17H15BrFNO4/c18-12-3-4-14(13(19)10-12)24-17(22)11-5-7-20(8-6-11)16(21)15-2-1-9-23-15/h1-4,9-11H,5-8H2. The van der Waals surface area contributed by atoms with Gasteiger partial charge in [-0.25, -0.2) is 4.39 Å². The zero-order valence-corrected chi connectivity index (χ0v) is 14.3. The Balaban J connectivity index is 1.56. The summed E-state index contributed by atoms with van der Waals surface area (Å²) in [7, 11) is 0. The minimum atomic E-state index is -0.594. The van der Waals surface area contributed by atoms with Gasteiger partial charge < -0.3 is 14.1 Å². The Morgan fingerprint density at radius 3 is 2.62 bits per heavy atom. The first-order valence-electron chi connectivity index (χ1n) is 7.54. The molecule has 24 heavy (non-hydrogen) atoms. The summed E-state index contributed by atoms with van der Waals surface area (Å²) in [5, 5.41) is 0. The lowest BCUT2D eigenvalue weighted by atomic mass is 9.97. The van der Waals surface area contributed by atoms with Gasteiger partial charge in [0, 0.05) is 17.6 Å². The van der Waals surface area contributed by atoms with Crippen molar-refractivity contribution in [1.29, 1.82) is 0 Å². The molecular formula is C17H15BrFNO4. The van der Waals surface area contributed by atoms with E-state index in [0.29, 0.717) is 30.4 Å². The number of likely N-dealkylation sites (tertiary alicyclic amines) is 1. The molecule has 1 aliphatic heterocycles. The topological polar surface area (TPSA) is 59.8 Å². The Bertz CT molecular complexity index is 739. The number of piperidine rings is 1. The molecule has 7 heteroatoms. The van der Waals surface area contributed by atoms with E-state index in [4.69, 9.17) is 9.15 Å². The van der Waals surface area contributed by atoms with Crippen LogP contribution in [0.25, 0.3) is 0 Å². The molecule has 2 aromatic rings. The van der Waals surface area contributed by atoms with Gasteiger partial charge in [-0.2, -0.15) is 0 Å². The number of carbonyl (C=O) groups excluding carboxylic acids is 2. The lowest BCUT2D eigenvalue weighted by Crippen LogP contribution is -2.41. The largest absolute Gasteiger partial charge is 0.459 e. The van der Waals surface area contributed by atoms with Crippen LogP contribution in [-0.4, -0.2) is 29.9 Å². The highest BCUT2D eigenvalue weighted by atomic mass is 79.9. The van der Waals surface area contributed by atoms with Crippen molar-refractivity contribution in [3.8, 4) is 5.75 Å². The average Bonchev–Trinajstić information content (AvgIpc) is 3.11. The summed E-state index contributed by atoms with van der Waals surface area (Å²) in [6.45, 7) is 0.865. The van der Waals surface area contributed by atoms with E-state index in [9.17, 15) is 14.0 Å². The van der Waals surface area contributed by atoms with Gasteiger partial charge in [0.1, 0.15) is 0 Å². The SMILES string of the molecule is O=C(Oc1ccc(Br)cc1F)C1CCN(C(=O)c2ccco2)CC1. The minimum Gasteiger partial charge on any atom is -0.459 e. The van der Waals surface area contributed by atoms with Gasteiger partial charge in [-0.15, -0.1) is 0 Å². The summed E-state index contributed by atoms with van der Waals surface area (Å²) in [5.74, 6) is -1.41. The predicted octanol–water partition coefficient (Wildman–Crippen LogP) is 3.64. The number of nitrogens with zero attached hydrogens (tertiary/aromatic N) is 1. The van der Waals surface area contributed by atoms with Crippen LogP contribution < -0.4 is 4.74 Å². The van der Waals surface area contributed by atoms with Gasteiger partial charge >= 0.3 is 5.97 Å². The molecule has 1 aliphatic rings. The van der Waals surface area contributed by atoms with Crippen LogP contribution in [0.4, 0.5) is 4.39 Å². The molecule has 0 bridgehead atoms. The maximum absolute atomic E-state index is 13.7. The molecule has 1 aromatic carbocycles. The van der Waals surface area contributed by atoms with Crippen molar-refractivity contribution in [2.45, 2.75) is 12.8 Å². The van der Waals surface area contributed by atoms with Crippen LogP contribution in [0.5, 0.6) is 5.75 Å². The minimum absolute atomic E-state index is 0.0858. The molecule has 0 unspecified atom stereocenters. The van der Waals surface area contributed by atoms with Gasteiger partial charge in [-0.1, -0.05) is 15.9 Å². The van der Waals surface area contributed by atoms with Crippen molar-refractivity contribution in [2.24, 2.45) is 5.92 Å². The zero-order valence-electron chi connectivity index (χ0n) is 12.7. The third-order valence-corrected chi connectivity index (χ3v) is 4.45. The average molecular weight is 396 g/mol. The van der Waals surface area contributed by atoms with Crippen LogP contribution in [0, 0.1) is 11.7 Å². The van der Waals surface area contributed by atoms with Crippen molar-refractivity contribution >= 4 is 27.8 Å². The third kappa shape index (κ3) is 3.67. The van der Waals surface area contributed by atoms with E-state index < -0.39 is 11.8 Å². The van der Waals surface area contributed by atoms with Crippen LogP contribution in [0.15, 0.2) is 45.5 Å². The number of benzene rings is 1. The number of carbonyl (C=O) groups is 2. The van der Waals surface area contributed by atoms with Gasteiger partial charge in [0.05, 0.1) is 12.2 Å². The molecule has 0 radical (unpaired) electrons. The van der Waals surface area contributed by atoms with Crippen molar-refractivity contribution in [1.82, 2.24) is 4.90 Å². The molecule has 126 valence electrons. The quantitative estimate of drug-likeness (QED) is 0.587. The number of hydrogen-bond donors (Lipinski definition) is 0. The Morgan fingerprint density at radius 1 is 1.25 bits per heavy atom. The second-order valence-corrected chi connectivity index (χ2v) is 6.46. The molecule has 0 aliphatic carbocycles. The number of amides is 1. The molecule has 3 rings (SSSR count). The van der Waals surface area contributed by atoms with Crippen LogP contribution >= 0.6 is 15.9 Å². The monoisotopic (exact) mass is 395 g/mol. The predicted molar refractivity (Wildman–Crippen MR) is 87.1 cm³/mol. The number of furan rings is 1. The Morgan fingerprint density at radius 2 is 2.00 bits per heavy atom. The number of halogens is 2. The third-order valence-electron chi connectivity index (χ3n) is 3.95. The van der Waals surface area contributed by atoms with Gasteiger partial charge in [0.25, 0.3) is 5.91 Å². The highest BCUT2D eigenvalue weighted by Gasteiger charge is 2.30. The summed E-state index contributed by atoms with van der Waals surface area (Å²) < 4.78 is 24.6. The summed E-state index contributed by atoms with van der Waals surface area (Å²) in [5.41, 5.74) is 0. The first kappa shape index (κ1) is 16.7. The van der Waals surface area contributed by atoms with Crippen LogP contribution in [0.3, 0.4) is 0 Å². The van der Waals surface area contributed by atoms with E-state index in [0.717, 1.165) is 0 Å². The molecule has 0 saturated carbocycles. The molecule has 0 spiro atoms. The molecule has 1 saturated heterocycles. The van der Waals surface area contributed by atoms with Crippen LogP contribution in [0.2, 0.25) is 0 Å². The Labute approximate surface area is 146 Å². The van der Waals surface area contributed by atoms with Crippen molar-refractivity contribution in [3.63, 3.8) is 0 Å². The Hall–Kier alpha value is -2.15. The molecule has 0 atom stereocenters. The van der Waals surface area contributed by atoms with Gasteiger partial charge in [-0.05, 0) is 43.2 Å². The first-order valence-corrected chi connectivity index (χ1v) is 8.33. The number of ether oxygens (including phenoxy) is 1. The van der Waals surface area contributed by atoms with Crippen molar-refractivity contribution in [3.05, 3.63) is 52.6 Å². The molecule has 0 N–H and O–H groups in total. The Kier molecular flexibility index (Phi) is 4.99. The zero-order chi connectivity index (χ0) is 17.1. The van der Waals surface area contributed by atoms with Gasteiger partial charge in [-0.3, -0.25) is 9.59 Å². The van der Waals surface area contributed by atoms with E-state index in [1.165, 1.54) is 18.4 Å². The van der Waals surface area contributed by atoms with Gasteiger partial charge in [0.2, 0.25) is 0 Å². The maximum Gasteiger partial charge on any atom is 0.314 e.